The van der Waals surface area contributed by atoms with E-state index in [-0.39, 0.29) is 6.04 Å². The molecule has 2 aromatic rings. The van der Waals surface area contributed by atoms with E-state index in [0.717, 1.165) is 15.6 Å². The average Bonchev–Trinajstić information content (AvgIpc) is 2.32. The first-order valence-electron chi connectivity index (χ1n) is 5.11. The summed E-state index contributed by atoms with van der Waals surface area (Å²) < 4.78 is 0.922. The third-order valence-electron chi connectivity index (χ3n) is 2.45. The number of aromatic nitrogens is 2. The number of nitrogens with two attached hydrogens (primary N) is 1. The molecule has 0 fully saturated rings. The SMILES string of the molecule is NC(Cc1ccncc1Cl)c1cncc(Br)c1. The maximum Gasteiger partial charge on any atom is 0.0622 e. The molecule has 3 nitrogen and oxygen atoms in total. The molecule has 0 bridgehead atoms. The Hall–Kier alpha value is -0.970. The zero-order valence-electron chi connectivity index (χ0n) is 8.98. The molecule has 2 rings (SSSR count). The third kappa shape index (κ3) is 3.25. The minimum absolute atomic E-state index is 0.125. The first kappa shape index (κ1) is 12.5. The van der Waals surface area contributed by atoms with Crippen LogP contribution >= 0.6 is 27.5 Å². The molecule has 0 aliphatic rings. The Morgan fingerprint density at radius 2 is 2.12 bits per heavy atom. The van der Waals surface area contributed by atoms with E-state index in [4.69, 9.17) is 17.3 Å². The third-order valence-corrected chi connectivity index (χ3v) is 3.22. The molecule has 2 aromatic heterocycles. The Morgan fingerprint density at radius 1 is 1.29 bits per heavy atom. The second kappa shape index (κ2) is 5.58. The minimum Gasteiger partial charge on any atom is -0.324 e. The fourth-order valence-electron chi connectivity index (χ4n) is 1.56. The highest BCUT2D eigenvalue weighted by Crippen LogP contribution is 2.22. The van der Waals surface area contributed by atoms with Gasteiger partial charge in [0.2, 0.25) is 0 Å². The van der Waals surface area contributed by atoms with Gasteiger partial charge < -0.3 is 5.73 Å². The highest BCUT2D eigenvalue weighted by Gasteiger charge is 2.10. The van der Waals surface area contributed by atoms with Crippen molar-refractivity contribution in [3.63, 3.8) is 0 Å². The summed E-state index contributed by atoms with van der Waals surface area (Å²) in [7, 11) is 0. The van der Waals surface area contributed by atoms with Gasteiger partial charge in [-0.3, -0.25) is 9.97 Å². The van der Waals surface area contributed by atoms with E-state index in [2.05, 4.69) is 25.9 Å². The molecule has 88 valence electrons. The fourth-order valence-corrected chi connectivity index (χ4v) is 2.13. The molecule has 1 atom stereocenters. The molecular formula is C12H11BrClN3. The lowest BCUT2D eigenvalue weighted by molar-refractivity contribution is 0.716. The van der Waals surface area contributed by atoms with Crippen molar-refractivity contribution in [2.24, 2.45) is 5.73 Å². The van der Waals surface area contributed by atoms with Gasteiger partial charge in [-0.15, -0.1) is 0 Å². The van der Waals surface area contributed by atoms with Crippen molar-refractivity contribution in [2.45, 2.75) is 12.5 Å². The number of pyridine rings is 2. The van der Waals surface area contributed by atoms with Crippen LogP contribution in [0.5, 0.6) is 0 Å². The highest BCUT2D eigenvalue weighted by molar-refractivity contribution is 9.10. The van der Waals surface area contributed by atoms with Crippen LogP contribution in [0.1, 0.15) is 17.2 Å². The molecule has 2 N–H and O–H groups in total. The van der Waals surface area contributed by atoms with Gasteiger partial charge in [-0.1, -0.05) is 11.6 Å². The van der Waals surface area contributed by atoms with Crippen LogP contribution in [0, 0.1) is 0 Å². The zero-order chi connectivity index (χ0) is 12.3. The van der Waals surface area contributed by atoms with E-state index in [1.54, 1.807) is 24.8 Å². The maximum atomic E-state index is 6.12. The largest absolute Gasteiger partial charge is 0.324 e. The predicted molar refractivity (Wildman–Crippen MR) is 71.8 cm³/mol. The molecule has 0 saturated heterocycles. The van der Waals surface area contributed by atoms with Gasteiger partial charge in [0.25, 0.3) is 0 Å². The first-order valence-corrected chi connectivity index (χ1v) is 6.28. The van der Waals surface area contributed by atoms with Crippen molar-refractivity contribution in [1.29, 1.82) is 0 Å². The van der Waals surface area contributed by atoms with Gasteiger partial charge >= 0.3 is 0 Å². The predicted octanol–water partition coefficient (Wildman–Crippen LogP) is 3.14. The number of nitrogens with zero attached hydrogens (tertiary/aromatic N) is 2. The summed E-state index contributed by atoms with van der Waals surface area (Å²) in [5.74, 6) is 0. The van der Waals surface area contributed by atoms with Crippen LogP contribution in [0.3, 0.4) is 0 Å². The summed E-state index contributed by atoms with van der Waals surface area (Å²) in [5.41, 5.74) is 8.10. The maximum absolute atomic E-state index is 6.12. The standard InChI is InChI=1S/C12H11BrClN3/c13-10-3-9(5-17-6-10)12(15)4-8-1-2-16-7-11(8)14/h1-3,5-7,12H,4,15H2. The lowest BCUT2D eigenvalue weighted by Crippen LogP contribution is -2.14. The van der Waals surface area contributed by atoms with Crippen molar-refractivity contribution in [3.05, 3.63) is 57.5 Å². The summed E-state index contributed by atoms with van der Waals surface area (Å²) in [6.07, 6.45) is 7.51. The van der Waals surface area contributed by atoms with Crippen LogP contribution in [0.2, 0.25) is 5.02 Å². The van der Waals surface area contributed by atoms with Crippen LogP contribution in [-0.2, 0) is 6.42 Å². The normalized spacial score (nSPS) is 12.4. The van der Waals surface area contributed by atoms with Gasteiger partial charge in [0.15, 0.2) is 0 Å². The molecule has 0 aromatic carbocycles. The number of hydrogen-bond donors (Lipinski definition) is 1. The van der Waals surface area contributed by atoms with Crippen LogP contribution < -0.4 is 5.73 Å². The highest BCUT2D eigenvalue weighted by atomic mass is 79.9. The smallest absolute Gasteiger partial charge is 0.0622 e. The molecule has 0 aliphatic carbocycles. The Labute approximate surface area is 113 Å². The van der Waals surface area contributed by atoms with E-state index < -0.39 is 0 Å². The van der Waals surface area contributed by atoms with E-state index in [0.29, 0.717) is 11.4 Å². The summed E-state index contributed by atoms with van der Waals surface area (Å²) in [4.78, 5) is 8.04. The molecule has 0 amide bonds. The average molecular weight is 313 g/mol. The van der Waals surface area contributed by atoms with E-state index in [1.807, 2.05) is 12.1 Å². The molecule has 2 heterocycles. The second-order valence-corrected chi connectivity index (χ2v) is 5.04. The van der Waals surface area contributed by atoms with Gasteiger partial charge in [0.05, 0.1) is 5.02 Å². The molecule has 1 unspecified atom stereocenters. The molecule has 0 radical (unpaired) electrons. The van der Waals surface area contributed by atoms with Crippen molar-refractivity contribution < 1.29 is 0 Å². The van der Waals surface area contributed by atoms with Crippen LogP contribution in [0.4, 0.5) is 0 Å². The summed E-state index contributed by atoms with van der Waals surface area (Å²) in [6, 6.07) is 3.72. The Balaban J connectivity index is 2.17. The first-order chi connectivity index (χ1) is 8.16. The molecule has 5 heteroatoms. The molecule has 17 heavy (non-hydrogen) atoms. The van der Waals surface area contributed by atoms with E-state index >= 15 is 0 Å². The summed E-state index contributed by atoms with van der Waals surface area (Å²) in [6.45, 7) is 0. The lowest BCUT2D eigenvalue weighted by Gasteiger charge is -2.12. The molecule has 0 saturated carbocycles. The number of hydrogen-bond acceptors (Lipinski definition) is 3. The molecule has 0 spiro atoms. The Kier molecular flexibility index (Phi) is 4.10. The lowest BCUT2D eigenvalue weighted by atomic mass is 10.0. The molecular weight excluding hydrogens is 302 g/mol. The zero-order valence-corrected chi connectivity index (χ0v) is 11.3. The summed E-state index contributed by atoms with van der Waals surface area (Å²) in [5, 5.41) is 0.644. The Bertz CT molecular complexity index is 519. The van der Waals surface area contributed by atoms with Gasteiger partial charge in [0.1, 0.15) is 0 Å². The minimum atomic E-state index is -0.125. The van der Waals surface area contributed by atoms with Crippen molar-refractivity contribution in [2.75, 3.05) is 0 Å². The second-order valence-electron chi connectivity index (χ2n) is 3.71. The van der Waals surface area contributed by atoms with E-state index in [9.17, 15) is 0 Å². The monoisotopic (exact) mass is 311 g/mol. The number of halogens is 2. The van der Waals surface area contributed by atoms with Gasteiger partial charge in [0, 0.05) is 35.3 Å². The van der Waals surface area contributed by atoms with Crippen molar-refractivity contribution in [3.8, 4) is 0 Å². The quantitative estimate of drug-likeness (QED) is 0.947. The summed E-state index contributed by atoms with van der Waals surface area (Å²) >= 11 is 9.42. The van der Waals surface area contributed by atoms with Crippen LogP contribution in [0.15, 0.2) is 41.4 Å². The Morgan fingerprint density at radius 3 is 2.82 bits per heavy atom. The fraction of sp³-hybridized carbons (Fsp3) is 0.167. The number of rotatable bonds is 3. The molecule has 0 aliphatic heterocycles. The van der Waals surface area contributed by atoms with Crippen molar-refractivity contribution in [1.82, 2.24) is 9.97 Å². The van der Waals surface area contributed by atoms with Crippen LogP contribution in [-0.4, -0.2) is 9.97 Å². The van der Waals surface area contributed by atoms with Crippen molar-refractivity contribution >= 4 is 27.5 Å². The van der Waals surface area contributed by atoms with E-state index in [1.165, 1.54) is 0 Å². The van der Waals surface area contributed by atoms with Crippen LogP contribution in [0.25, 0.3) is 0 Å². The van der Waals surface area contributed by atoms with Gasteiger partial charge in [-0.05, 0) is 45.6 Å². The van der Waals surface area contributed by atoms with Gasteiger partial charge in [-0.25, -0.2) is 0 Å². The topological polar surface area (TPSA) is 51.8 Å². The van der Waals surface area contributed by atoms with Gasteiger partial charge in [-0.2, -0.15) is 0 Å².